The fourth-order valence-electron chi connectivity index (χ4n) is 13.3. The summed E-state index contributed by atoms with van der Waals surface area (Å²) in [5.41, 5.74) is 6.05. The van der Waals surface area contributed by atoms with E-state index in [1.54, 1.807) is 0 Å². The van der Waals surface area contributed by atoms with Gasteiger partial charge in [0, 0.05) is 73.9 Å². The molecule has 8 aliphatic rings. The molecule has 12 rings (SSSR count). The van der Waals surface area contributed by atoms with Crippen LogP contribution in [0.3, 0.4) is 0 Å². The molecule has 2 aromatic heterocycles. The molecule has 2 atom stereocenters. The van der Waals surface area contributed by atoms with Crippen molar-refractivity contribution >= 4 is 52.1 Å². The molecule has 15 heteroatoms. The number of rotatable bonds is 11. The van der Waals surface area contributed by atoms with Gasteiger partial charge < -0.3 is 34.2 Å². The number of hydrogen-bond acceptors (Lipinski definition) is 10. The number of carbonyl (C=O) groups excluding carboxylic acids is 5. The maximum absolute atomic E-state index is 15.2. The van der Waals surface area contributed by atoms with E-state index < -0.39 is 5.41 Å². The number of nitrogens with one attached hydrogen (secondary N) is 2. The summed E-state index contributed by atoms with van der Waals surface area (Å²) in [4.78, 5) is 86.2. The molecule has 4 saturated heterocycles. The molecule has 374 valence electrons. The van der Waals surface area contributed by atoms with Crippen molar-refractivity contribution in [2.24, 2.45) is 11.8 Å². The molecule has 5 aliphatic heterocycles. The number of carbonyl (C=O) groups is 5. The molecule has 2 N–H and O–H groups in total. The lowest BCUT2D eigenvalue weighted by molar-refractivity contribution is -0.140. The van der Waals surface area contributed by atoms with Crippen molar-refractivity contribution in [2.75, 3.05) is 49.5 Å². The van der Waals surface area contributed by atoms with Crippen LogP contribution < -0.4 is 20.3 Å². The molecule has 7 fully saturated rings. The minimum atomic E-state index is -0.688. The Bertz CT molecular complexity index is 2720. The number of nitrogens with zero attached hydrogens (tertiary/aromatic N) is 7. The van der Waals surface area contributed by atoms with Crippen LogP contribution in [0, 0.1) is 11.8 Å². The molecule has 3 saturated carbocycles. The van der Waals surface area contributed by atoms with Gasteiger partial charge in [0.1, 0.15) is 11.3 Å². The summed E-state index contributed by atoms with van der Waals surface area (Å²) in [7, 11) is 0. The summed E-state index contributed by atoms with van der Waals surface area (Å²) >= 11 is 0. The lowest BCUT2D eigenvalue weighted by Gasteiger charge is -2.48. The van der Waals surface area contributed by atoms with Gasteiger partial charge in [-0.25, -0.2) is 9.97 Å². The molecule has 0 radical (unpaired) electrons. The molecule has 7 heterocycles. The zero-order valence-corrected chi connectivity index (χ0v) is 41.5. The van der Waals surface area contributed by atoms with Crippen molar-refractivity contribution in [3.8, 4) is 17.0 Å². The van der Waals surface area contributed by atoms with Crippen molar-refractivity contribution < 1.29 is 28.7 Å². The van der Waals surface area contributed by atoms with Gasteiger partial charge in [0.25, 0.3) is 0 Å². The van der Waals surface area contributed by atoms with Crippen LogP contribution in [0.15, 0.2) is 54.9 Å². The van der Waals surface area contributed by atoms with E-state index in [0.717, 1.165) is 115 Å². The second-order valence-electron chi connectivity index (χ2n) is 22.5. The standard InChI is InChI=1S/C56H69N9O6/c1-34(2)64-33-57-47-31-46(59-51(50(47)64)58-39-11-12-39)37-10-18-45-48(28-37)65(41-29-40(30-41)61-23-4-3-5-24-61)55(70)56(45)21-26-62(27-22-56)54(69)38-20-25-63(32-38)53(68)36-8-15-43(16-9-36)71-42-13-6-35(7-14-42)44-17-19-49(66)60-52(44)67/h6-7,10,13-14,18,28,31,33-34,36,38-41,43-44H,3-5,8-9,11-12,15-17,19-27,29-30,32H2,1-2H3,(H,58,59)(H,60,66,67)/t36-,38-,40-,41+,43-,44?/m1/s1. The zero-order valence-electron chi connectivity index (χ0n) is 41.5. The van der Waals surface area contributed by atoms with Gasteiger partial charge >= 0.3 is 0 Å². The predicted molar refractivity (Wildman–Crippen MR) is 270 cm³/mol. The summed E-state index contributed by atoms with van der Waals surface area (Å²) in [6.45, 7) is 8.70. The quantitative estimate of drug-likeness (QED) is 0.144. The number of aromatic nitrogens is 3. The Balaban J connectivity index is 0.697. The van der Waals surface area contributed by atoms with E-state index in [1.807, 2.05) is 40.4 Å². The first kappa shape index (κ1) is 46.3. The number of pyridine rings is 1. The Kier molecular flexibility index (Phi) is 12.2. The zero-order chi connectivity index (χ0) is 48.5. The summed E-state index contributed by atoms with van der Waals surface area (Å²) in [5.74, 6) is 0.926. The minimum Gasteiger partial charge on any atom is -0.490 e. The molecule has 1 unspecified atom stereocenters. The van der Waals surface area contributed by atoms with Gasteiger partial charge in [-0.15, -0.1) is 0 Å². The maximum atomic E-state index is 15.2. The smallest absolute Gasteiger partial charge is 0.238 e. The Labute approximate surface area is 416 Å². The Hall–Kier alpha value is -5.83. The molecule has 15 nitrogen and oxygen atoms in total. The van der Waals surface area contributed by atoms with Crippen molar-refractivity contribution in [3.63, 3.8) is 0 Å². The molecule has 4 aromatic rings. The van der Waals surface area contributed by atoms with Gasteiger partial charge in [0.05, 0.1) is 40.9 Å². The topological polar surface area (TPSA) is 162 Å². The summed E-state index contributed by atoms with van der Waals surface area (Å²) in [6.07, 6.45) is 15.7. The largest absolute Gasteiger partial charge is 0.490 e. The van der Waals surface area contributed by atoms with Gasteiger partial charge in [-0.1, -0.05) is 30.7 Å². The summed E-state index contributed by atoms with van der Waals surface area (Å²) in [5, 5.41) is 6.13. The van der Waals surface area contributed by atoms with E-state index in [2.05, 4.69) is 63.1 Å². The minimum absolute atomic E-state index is 0.00392. The highest BCUT2D eigenvalue weighted by atomic mass is 16.5. The number of anilines is 2. The molecule has 3 aliphatic carbocycles. The first-order chi connectivity index (χ1) is 34.5. The van der Waals surface area contributed by atoms with Gasteiger partial charge in [-0.05, 0) is 152 Å². The monoisotopic (exact) mass is 964 g/mol. The highest BCUT2D eigenvalue weighted by molar-refractivity contribution is 6.09. The number of imidazole rings is 1. The third-order valence-electron chi connectivity index (χ3n) is 17.7. The fourth-order valence-corrected chi connectivity index (χ4v) is 13.3. The van der Waals surface area contributed by atoms with Gasteiger partial charge in [-0.3, -0.25) is 29.3 Å². The molecular weight excluding hydrogens is 895 g/mol. The summed E-state index contributed by atoms with van der Waals surface area (Å²) < 4.78 is 8.52. The first-order valence-corrected chi connectivity index (χ1v) is 27.0. The highest BCUT2D eigenvalue weighted by Gasteiger charge is 2.56. The van der Waals surface area contributed by atoms with Crippen molar-refractivity contribution in [1.29, 1.82) is 0 Å². The van der Waals surface area contributed by atoms with Crippen LogP contribution in [0.5, 0.6) is 5.75 Å². The van der Waals surface area contributed by atoms with Gasteiger partial charge in [0.2, 0.25) is 29.5 Å². The molecule has 0 bridgehead atoms. The number of amides is 5. The third kappa shape index (κ3) is 8.67. The molecular formula is C56H69N9O6. The van der Waals surface area contributed by atoms with E-state index in [1.165, 1.54) is 19.3 Å². The Morgan fingerprint density at radius 2 is 1.54 bits per heavy atom. The lowest BCUT2D eigenvalue weighted by Crippen LogP contribution is -2.58. The number of imide groups is 1. The van der Waals surface area contributed by atoms with E-state index >= 15 is 4.79 Å². The Morgan fingerprint density at radius 3 is 2.25 bits per heavy atom. The molecule has 5 amide bonds. The van der Waals surface area contributed by atoms with E-state index in [9.17, 15) is 19.2 Å². The SMILES string of the molecule is CC(C)n1cnc2cc(-c3ccc4c(c3)N([C@H]3C[C@@H](N5CCCCC5)C3)C(=O)C43CCN(C(=O)[C@@H]4CCN(C(=O)[C@H]5CC[C@H](Oc6ccc(C7CCC(=O)NC7=O)cc6)CC5)C4)CC3)nc(NC3CC3)c21. The van der Waals surface area contributed by atoms with Crippen molar-refractivity contribution in [3.05, 3.63) is 66.0 Å². The fraction of sp³-hybridized carbons (Fsp3) is 0.589. The van der Waals surface area contributed by atoms with Crippen LogP contribution in [-0.4, -0.2) is 122 Å². The van der Waals surface area contributed by atoms with E-state index in [4.69, 9.17) is 14.7 Å². The van der Waals surface area contributed by atoms with Crippen LogP contribution in [0.1, 0.15) is 140 Å². The van der Waals surface area contributed by atoms with Crippen molar-refractivity contribution in [1.82, 2.24) is 34.6 Å². The normalized spacial score (nSPS) is 27.8. The van der Waals surface area contributed by atoms with Crippen LogP contribution in [0.4, 0.5) is 11.5 Å². The van der Waals surface area contributed by atoms with Gasteiger partial charge in [0.15, 0.2) is 5.82 Å². The average molecular weight is 964 g/mol. The second-order valence-corrected chi connectivity index (χ2v) is 22.5. The maximum Gasteiger partial charge on any atom is 0.238 e. The number of likely N-dealkylation sites (tertiary alicyclic amines) is 3. The van der Waals surface area contributed by atoms with Crippen LogP contribution >= 0.6 is 0 Å². The first-order valence-electron chi connectivity index (χ1n) is 27.0. The van der Waals surface area contributed by atoms with Crippen LogP contribution in [0.2, 0.25) is 0 Å². The number of ether oxygens (including phenoxy) is 1. The van der Waals surface area contributed by atoms with E-state index in [0.29, 0.717) is 70.4 Å². The predicted octanol–water partition coefficient (Wildman–Crippen LogP) is 7.48. The van der Waals surface area contributed by atoms with Crippen LogP contribution in [0.25, 0.3) is 22.3 Å². The molecule has 71 heavy (non-hydrogen) atoms. The van der Waals surface area contributed by atoms with Crippen molar-refractivity contribution in [2.45, 2.75) is 158 Å². The molecule has 2 aromatic carbocycles. The van der Waals surface area contributed by atoms with Crippen LogP contribution in [-0.2, 0) is 29.4 Å². The van der Waals surface area contributed by atoms with Gasteiger partial charge in [-0.2, -0.15) is 0 Å². The lowest BCUT2D eigenvalue weighted by atomic mass is 9.73. The second kappa shape index (κ2) is 18.7. The number of benzene rings is 2. The third-order valence-corrected chi connectivity index (χ3v) is 17.7. The average Bonchev–Trinajstić information content (AvgIpc) is 3.76. The summed E-state index contributed by atoms with van der Waals surface area (Å²) in [6, 6.07) is 17.6. The number of fused-ring (bicyclic) bond motifs is 3. The number of hydrogen-bond donors (Lipinski definition) is 2. The Morgan fingerprint density at radius 1 is 0.789 bits per heavy atom. The highest BCUT2D eigenvalue weighted by Crippen LogP contribution is 2.52. The number of piperidine rings is 3. The van der Waals surface area contributed by atoms with E-state index in [-0.39, 0.29) is 65.5 Å². The molecule has 1 spiro atoms.